The van der Waals surface area contributed by atoms with Crippen LogP contribution in [0.4, 0.5) is 0 Å². The maximum atomic E-state index is 12.6. The highest BCUT2D eigenvalue weighted by Crippen LogP contribution is 2.34. The number of carbonyl (C=O) groups is 3. The second-order valence-corrected chi connectivity index (χ2v) is 8.33. The van der Waals surface area contributed by atoms with Crippen LogP contribution in [0.15, 0.2) is 54.4 Å². The summed E-state index contributed by atoms with van der Waals surface area (Å²) in [6.45, 7) is -0.169. The van der Waals surface area contributed by atoms with E-state index in [0.717, 1.165) is 10.2 Å². The monoisotopic (exact) mass is 450 g/mol. The first-order chi connectivity index (χ1) is 15.4. The van der Waals surface area contributed by atoms with Crippen LogP contribution in [0.3, 0.4) is 0 Å². The van der Waals surface area contributed by atoms with Gasteiger partial charge in [-0.1, -0.05) is 23.4 Å². The molecule has 1 aromatic carbocycles. The Bertz CT molecular complexity index is 1320. The molecule has 1 fully saturated rings. The zero-order chi connectivity index (χ0) is 22.4. The number of nitrogens with zero attached hydrogens (tertiary/aromatic N) is 6. The van der Waals surface area contributed by atoms with Gasteiger partial charge >= 0.3 is 0 Å². The molecule has 3 heterocycles. The third-order valence-electron chi connectivity index (χ3n) is 5.27. The lowest BCUT2D eigenvalue weighted by Gasteiger charge is -2.20. The number of hydrogen-bond acceptors (Lipinski definition) is 9. The zero-order valence-electron chi connectivity index (χ0n) is 16.3. The highest BCUT2D eigenvalue weighted by molar-refractivity contribution is 7.20. The van der Waals surface area contributed by atoms with Gasteiger partial charge in [-0.25, -0.2) is 9.67 Å². The third kappa shape index (κ3) is 3.30. The lowest BCUT2D eigenvalue weighted by Crippen LogP contribution is -2.33. The number of ketones is 2. The van der Waals surface area contributed by atoms with E-state index < -0.39 is 28.6 Å². The molecule has 0 bridgehead atoms. The number of carbonyl (C=O) groups excluding carboxylic acids is 3. The fourth-order valence-electron chi connectivity index (χ4n) is 3.80. The fourth-order valence-corrected chi connectivity index (χ4v) is 4.70. The summed E-state index contributed by atoms with van der Waals surface area (Å²) in [7, 11) is 0. The second-order valence-electron chi connectivity index (χ2n) is 7.30. The lowest BCUT2D eigenvalue weighted by atomic mass is 9.91. The van der Waals surface area contributed by atoms with Gasteiger partial charge in [0.05, 0.1) is 23.0 Å². The number of aromatic nitrogens is 4. The predicted molar refractivity (Wildman–Crippen MR) is 111 cm³/mol. The van der Waals surface area contributed by atoms with Crippen molar-refractivity contribution in [2.45, 2.75) is 19.1 Å². The number of fused-ring (bicyclic) bond motifs is 2. The van der Waals surface area contributed by atoms with E-state index in [4.69, 9.17) is 0 Å². The van der Waals surface area contributed by atoms with Crippen LogP contribution in [0.1, 0.15) is 15.5 Å². The minimum atomic E-state index is -1.28. The van der Waals surface area contributed by atoms with E-state index >= 15 is 0 Å². The van der Waals surface area contributed by atoms with E-state index in [0.29, 0.717) is 10.7 Å². The first-order valence-corrected chi connectivity index (χ1v) is 10.4. The number of benzene rings is 1. The molecule has 12 heteroatoms. The van der Waals surface area contributed by atoms with Gasteiger partial charge in [0.1, 0.15) is 18.2 Å². The highest BCUT2D eigenvalue weighted by atomic mass is 32.1. The van der Waals surface area contributed by atoms with Gasteiger partial charge in [-0.15, -0.1) is 16.4 Å². The molecule has 0 N–H and O–H groups in total. The number of rotatable bonds is 6. The molecule has 5 rings (SSSR count). The third-order valence-corrected chi connectivity index (χ3v) is 6.35. The van der Waals surface area contributed by atoms with E-state index in [1.165, 1.54) is 45.3 Å². The van der Waals surface area contributed by atoms with Crippen molar-refractivity contribution in [1.82, 2.24) is 24.9 Å². The maximum Gasteiger partial charge on any atom is 0.295 e. The molecule has 2 unspecified atom stereocenters. The number of nitro groups is 1. The minimum absolute atomic E-state index is 0.0828. The quantitative estimate of drug-likeness (QED) is 0.237. The van der Waals surface area contributed by atoms with E-state index in [1.807, 2.05) is 24.3 Å². The van der Waals surface area contributed by atoms with Crippen molar-refractivity contribution in [2.75, 3.05) is 0 Å². The number of thiazole rings is 1. The van der Waals surface area contributed by atoms with E-state index in [2.05, 4.69) is 15.3 Å². The van der Waals surface area contributed by atoms with Crippen molar-refractivity contribution < 1.29 is 19.3 Å². The molecule has 1 aliphatic carbocycles. The van der Waals surface area contributed by atoms with Crippen LogP contribution in [-0.4, -0.2) is 53.3 Å². The van der Waals surface area contributed by atoms with Gasteiger partial charge in [-0.2, -0.15) is 0 Å². The first-order valence-electron chi connectivity index (χ1n) is 9.58. The summed E-state index contributed by atoms with van der Waals surface area (Å²) in [5.74, 6) is -3.01. The average molecular weight is 450 g/mol. The molecule has 11 nitrogen and oxygen atoms in total. The van der Waals surface area contributed by atoms with E-state index in [-0.39, 0.29) is 24.6 Å². The lowest BCUT2D eigenvalue weighted by molar-refractivity contribution is -0.514. The Balaban J connectivity index is 1.32. The minimum Gasteiger partial charge on any atom is -0.302 e. The van der Waals surface area contributed by atoms with Crippen LogP contribution in [0.25, 0.3) is 10.2 Å². The smallest absolute Gasteiger partial charge is 0.295 e. The van der Waals surface area contributed by atoms with Gasteiger partial charge in [0, 0.05) is 10.6 Å². The first kappa shape index (κ1) is 19.9. The van der Waals surface area contributed by atoms with E-state index in [1.54, 1.807) is 0 Å². The second kappa shape index (κ2) is 7.57. The Morgan fingerprint density at radius 1 is 1.25 bits per heavy atom. The molecule has 32 heavy (non-hydrogen) atoms. The van der Waals surface area contributed by atoms with E-state index in [9.17, 15) is 24.5 Å². The molecule has 1 saturated heterocycles. The summed E-state index contributed by atoms with van der Waals surface area (Å²) in [5.41, 5.74) is 1.36. The number of Topliss-reactive ketones (excluding diaryl/α,β-unsaturated/α-hetero) is 2. The molecule has 160 valence electrons. The van der Waals surface area contributed by atoms with Crippen molar-refractivity contribution in [1.29, 1.82) is 0 Å². The molecule has 0 radical (unpaired) electrons. The van der Waals surface area contributed by atoms with Crippen LogP contribution >= 0.6 is 11.3 Å². The Morgan fingerprint density at radius 3 is 2.84 bits per heavy atom. The molecular formula is C20H14N6O5S. The summed E-state index contributed by atoms with van der Waals surface area (Å²) in [5, 5.41) is 19.5. The van der Waals surface area contributed by atoms with Crippen molar-refractivity contribution in [3.05, 3.63) is 75.2 Å². The van der Waals surface area contributed by atoms with Crippen LogP contribution < -0.4 is 0 Å². The Kier molecular flexibility index (Phi) is 4.70. The molecule has 1 aliphatic heterocycles. The molecule has 3 aromatic rings. The van der Waals surface area contributed by atoms with Crippen molar-refractivity contribution >= 4 is 39.0 Å². The molecule has 2 aromatic heterocycles. The number of amides is 1. The van der Waals surface area contributed by atoms with Gasteiger partial charge in [-0.05, 0) is 24.3 Å². The SMILES string of the molecule is O=C(Cn1cc(CN2C(=O)C(=O)C3C2=CC=CC3[N+](=O)[O-])nn1)c1nc2ccccc2s1. The van der Waals surface area contributed by atoms with Crippen molar-refractivity contribution in [2.24, 2.45) is 5.92 Å². The fraction of sp³-hybridized carbons (Fsp3) is 0.200. The Hall–Kier alpha value is -4.06. The molecular weight excluding hydrogens is 436 g/mol. The molecule has 2 aliphatic rings. The molecule has 1 amide bonds. The van der Waals surface area contributed by atoms with Gasteiger partial charge in [-0.3, -0.25) is 24.5 Å². The van der Waals surface area contributed by atoms with Crippen molar-refractivity contribution in [3.8, 4) is 0 Å². The zero-order valence-corrected chi connectivity index (χ0v) is 17.1. The Labute approximate surface area is 183 Å². The standard InChI is InChI=1S/C20H14N6O5S/c27-15(19-21-12-4-1-2-7-16(12)32-19)10-24-8-11(22-23-24)9-25-13-5-3-6-14(26(30)31)17(13)18(28)20(25)29/h1-8,14,17H,9-10H2. The van der Waals surface area contributed by atoms with Crippen LogP contribution in [0.5, 0.6) is 0 Å². The summed E-state index contributed by atoms with van der Waals surface area (Å²) >= 11 is 1.29. The normalized spacial score (nSPS) is 20.0. The summed E-state index contributed by atoms with van der Waals surface area (Å²) < 4.78 is 2.24. The van der Waals surface area contributed by atoms with Gasteiger partial charge < -0.3 is 4.90 Å². The summed E-state index contributed by atoms with van der Waals surface area (Å²) in [4.78, 5) is 53.6. The summed E-state index contributed by atoms with van der Waals surface area (Å²) in [6, 6.07) is 6.16. The van der Waals surface area contributed by atoms with Gasteiger partial charge in [0.2, 0.25) is 17.6 Å². The van der Waals surface area contributed by atoms with Crippen LogP contribution in [0.2, 0.25) is 0 Å². The Morgan fingerprint density at radius 2 is 2.06 bits per heavy atom. The maximum absolute atomic E-state index is 12.6. The molecule has 0 spiro atoms. The molecule has 0 saturated carbocycles. The van der Waals surface area contributed by atoms with Crippen LogP contribution in [-0.2, 0) is 22.7 Å². The topological polar surface area (TPSA) is 141 Å². The van der Waals surface area contributed by atoms with Gasteiger partial charge in [0.25, 0.3) is 5.91 Å². The average Bonchev–Trinajstić information content (AvgIpc) is 3.47. The predicted octanol–water partition coefficient (Wildman–Crippen LogP) is 1.40. The van der Waals surface area contributed by atoms with Gasteiger partial charge in [0.15, 0.2) is 5.01 Å². The largest absolute Gasteiger partial charge is 0.302 e. The van der Waals surface area contributed by atoms with Crippen LogP contribution in [0, 0.1) is 16.0 Å². The van der Waals surface area contributed by atoms with Crippen molar-refractivity contribution in [3.63, 3.8) is 0 Å². The highest BCUT2D eigenvalue weighted by Gasteiger charge is 2.52. The number of para-hydroxylation sites is 1. The number of allylic oxidation sites excluding steroid dienone is 2. The number of hydrogen-bond donors (Lipinski definition) is 0. The number of likely N-dealkylation sites (tertiary alicyclic amines) is 1. The molecule has 2 atom stereocenters. The summed E-state index contributed by atoms with van der Waals surface area (Å²) in [6.07, 6.45) is 5.79.